The van der Waals surface area contributed by atoms with Crippen LogP contribution in [0.25, 0.3) is 0 Å². The van der Waals surface area contributed by atoms with Crippen LogP contribution in [-0.2, 0) is 0 Å². The second-order valence-electron chi connectivity index (χ2n) is 4.77. The minimum Gasteiger partial charge on any atom is -0.323 e. The number of rotatable bonds is 4. The lowest BCUT2D eigenvalue weighted by atomic mass is 9.78. The molecule has 1 aliphatic carbocycles. The Balaban J connectivity index is 2.48. The Morgan fingerprint density at radius 3 is 2.46 bits per heavy atom. The topological polar surface area (TPSA) is 35.8 Å². The highest BCUT2D eigenvalue weighted by atomic mass is 14.9. The summed E-state index contributed by atoms with van der Waals surface area (Å²) in [5.74, 6) is 0.749. The number of nitriles is 1. The van der Waals surface area contributed by atoms with Crippen LogP contribution in [-0.4, -0.2) is 6.54 Å². The molecule has 0 radical (unpaired) electrons. The van der Waals surface area contributed by atoms with E-state index in [-0.39, 0.29) is 0 Å². The fourth-order valence-electron chi connectivity index (χ4n) is 2.67. The molecule has 0 aromatic rings. The van der Waals surface area contributed by atoms with E-state index in [1.807, 2.05) is 6.19 Å². The smallest absolute Gasteiger partial charge is 0.176 e. The van der Waals surface area contributed by atoms with Gasteiger partial charge in [-0.25, -0.2) is 0 Å². The average molecular weight is 180 g/mol. The highest BCUT2D eigenvalue weighted by Gasteiger charge is 2.33. The van der Waals surface area contributed by atoms with Crippen LogP contribution in [0, 0.1) is 22.8 Å². The van der Waals surface area contributed by atoms with Crippen molar-refractivity contribution in [1.82, 2.24) is 5.32 Å². The normalized spacial score (nSPS) is 20.2. The maximum Gasteiger partial charge on any atom is 0.176 e. The maximum atomic E-state index is 8.51. The van der Waals surface area contributed by atoms with Crippen molar-refractivity contribution in [3.63, 3.8) is 0 Å². The van der Waals surface area contributed by atoms with E-state index in [4.69, 9.17) is 5.26 Å². The quantitative estimate of drug-likeness (QED) is 0.533. The van der Waals surface area contributed by atoms with Gasteiger partial charge in [0.05, 0.1) is 0 Å². The first-order valence-electron chi connectivity index (χ1n) is 5.30. The Morgan fingerprint density at radius 2 is 2.00 bits per heavy atom. The molecule has 13 heavy (non-hydrogen) atoms. The largest absolute Gasteiger partial charge is 0.323 e. The summed E-state index contributed by atoms with van der Waals surface area (Å²) >= 11 is 0. The van der Waals surface area contributed by atoms with E-state index in [9.17, 15) is 0 Å². The second-order valence-corrected chi connectivity index (χ2v) is 4.77. The molecule has 0 saturated heterocycles. The molecule has 1 aliphatic rings. The van der Waals surface area contributed by atoms with Gasteiger partial charge in [-0.05, 0) is 30.6 Å². The summed E-state index contributed by atoms with van der Waals surface area (Å²) in [5, 5.41) is 11.4. The third kappa shape index (κ3) is 2.91. The van der Waals surface area contributed by atoms with Crippen molar-refractivity contribution in [2.75, 3.05) is 6.54 Å². The van der Waals surface area contributed by atoms with E-state index in [0.717, 1.165) is 12.5 Å². The zero-order valence-corrected chi connectivity index (χ0v) is 8.77. The van der Waals surface area contributed by atoms with Gasteiger partial charge in [0.15, 0.2) is 6.19 Å². The molecule has 0 aliphatic heterocycles. The van der Waals surface area contributed by atoms with Crippen molar-refractivity contribution in [1.29, 1.82) is 5.26 Å². The van der Waals surface area contributed by atoms with Crippen LogP contribution in [0.1, 0.15) is 46.0 Å². The molecule has 0 atom stereocenters. The SMILES string of the molecule is CC(C)CC1(CNC#N)CCCC1. The van der Waals surface area contributed by atoms with E-state index >= 15 is 0 Å². The predicted molar refractivity (Wildman–Crippen MR) is 54.0 cm³/mol. The van der Waals surface area contributed by atoms with Crippen LogP contribution in [0.2, 0.25) is 0 Å². The Hall–Kier alpha value is -0.710. The van der Waals surface area contributed by atoms with Gasteiger partial charge < -0.3 is 5.32 Å². The Kier molecular flexibility index (Phi) is 3.59. The first-order chi connectivity index (χ1) is 6.18. The summed E-state index contributed by atoms with van der Waals surface area (Å²) in [6.07, 6.45) is 8.61. The zero-order chi connectivity index (χ0) is 9.73. The summed E-state index contributed by atoms with van der Waals surface area (Å²) < 4.78 is 0. The lowest BCUT2D eigenvalue weighted by molar-refractivity contribution is 0.234. The van der Waals surface area contributed by atoms with E-state index in [2.05, 4.69) is 19.2 Å². The molecule has 1 rings (SSSR count). The summed E-state index contributed by atoms with van der Waals surface area (Å²) in [6.45, 7) is 5.43. The highest BCUT2D eigenvalue weighted by Crippen LogP contribution is 2.42. The molecule has 0 amide bonds. The molecule has 1 saturated carbocycles. The monoisotopic (exact) mass is 180 g/mol. The van der Waals surface area contributed by atoms with Gasteiger partial charge in [-0.2, -0.15) is 5.26 Å². The van der Waals surface area contributed by atoms with Crippen molar-refractivity contribution in [3.05, 3.63) is 0 Å². The molecule has 0 spiro atoms. The standard InChI is InChI=1S/C11H20N2/c1-10(2)7-11(8-13-9-12)5-3-4-6-11/h10,13H,3-8H2,1-2H3. The van der Waals surface area contributed by atoms with Crippen LogP contribution < -0.4 is 5.32 Å². The molecular weight excluding hydrogens is 160 g/mol. The minimum atomic E-state index is 0.434. The number of nitrogens with one attached hydrogen (secondary N) is 1. The summed E-state index contributed by atoms with van der Waals surface area (Å²) in [5.41, 5.74) is 0.434. The molecule has 1 N–H and O–H groups in total. The van der Waals surface area contributed by atoms with Gasteiger partial charge in [0, 0.05) is 6.54 Å². The van der Waals surface area contributed by atoms with Gasteiger partial charge in [-0.15, -0.1) is 0 Å². The lowest BCUT2D eigenvalue weighted by Crippen LogP contribution is -2.31. The molecule has 0 unspecified atom stereocenters. The van der Waals surface area contributed by atoms with Crippen molar-refractivity contribution < 1.29 is 0 Å². The number of nitrogens with zero attached hydrogens (tertiary/aromatic N) is 1. The van der Waals surface area contributed by atoms with Crippen LogP contribution >= 0.6 is 0 Å². The van der Waals surface area contributed by atoms with Crippen LogP contribution in [0.4, 0.5) is 0 Å². The minimum absolute atomic E-state index is 0.434. The van der Waals surface area contributed by atoms with Gasteiger partial charge in [0.25, 0.3) is 0 Å². The number of hydrogen-bond acceptors (Lipinski definition) is 2. The zero-order valence-electron chi connectivity index (χ0n) is 8.77. The molecule has 0 bridgehead atoms. The summed E-state index contributed by atoms with van der Waals surface area (Å²) in [7, 11) is 0. The second kappa shape index (κ2) is 4.50. The fraction of sp³-hybridized carbons (Fsp3) is 0.909. The van der Waals surface area contributed by atoms with Crippen LogP contribution in [0.5, 0.6) is 0 Å². The maximum absolute atomic E-state index is 8.51. The fourth-order valence-corrected chi connectivity index (χ4v) is 2.67. The van der Waals surface area contributed by atoms with Crippen molar-refractivity contribution in [3.8, 4) is 6.19 Å². The molecule has 0 heterocycles. The van der Waals surface area contributed by atoms with E-state index in [1.165, 1.54) is 32.1 Å². The first kappa shape index (κ1) is 10.4. The summed E-state index contributed by atoms with van der Waals surface area (Å²) in [4.78, 5) is 0. The van der Waals surface area contributed by atoms with Gasteiger partial charge in [-0.1, -0.05) is 26.7 Å². The molecule has 1 fully saturated rings. The Bertz CT molecular complexity index is 185. The van der Waals surface area contributed by atoms with Crippen molar-refractivity contribution in [2.24, 2.45) is 11.3 Å². The Morgan fingerprint density at radius 1 is 1.38 bits per heavy atom. The van der Waals surface area contributed by atoms with E-state index in [1.54, 1.807) is 0 Å². The Labute approximate surface area is 81.3 Å². The van der Waals surface area contributed by atoms with Crippen LogP contribution in [0.3, 0.4) is 0 Å². The summed E-state index contributed by atoms with van der Waals surface area (Å²) in [6, 6.07) is 0. The number of hydrogen-bond donors (Lipinski definition) is 1. The molecule has 0 aromatic heterocycles. The van der Waals surface area contributed by atoms with Gasteiger partial charge >= 0.3 is 0 Å². The van der Waals surface area contributed by atoms with Gasteiger partial charge in [0.1, 0.15) is 0 Å². The molecule has 0 aromatic carbocycles. The predicted octanol–water partition coefficient (Wildman–Crippen LogP) is 2.66. The van der Waals surface area contributed by atoms with Crippen molar-refractivity contribution in [2.45, 2.75) is 46.0 Å². The molecular formula is C11H20N2. The lowest BCUT2D eigenvalue weighted by Gasteiger charge is -2.30. The molecule has 74 valence electrons. The van der Waals surface area contributed by atoms with E-state index < -0.39 is 0 Å². The van der Waals surface area contributed by atoms with Gasteiger partial charge in [-0.3, -0.25) is 0 Å². The van der Waals surface area contributed by atoms with Crippen molar-refractivity contribution >= 4 is 0 Å². The van der Waals surface area contributed by atoms with Crippen LogP contribution in [0.15, 0.2) is 0 Å². The highest BCUT2D eigenvalue weighted by molar-refractivity contribution is 4.89. The third-order valence-electron chi connectivity index (χ3n) is 3.05. The third-order valence-corrected chi connectivity index (χ3v) is 3.05. The molecule has 2 heteroatoms. The average Bonchev–Trinajstić information content (AvgIpc) is 2.49. The first-order valence-corrected chi connectivity index (χ1v) is 5.30. The molecule has 2 nitrogen and oxygen atoms in total. The van der Waals surface area contributed by atoms with E-state index in [0.29, 0.717) is 5.41 Å². The van der Waals surface area contributed by atoms with Gasteiger partial charge in [0.2, 0.25) is 0 Å².